The Kier molecular flexibility index (Phi) is 4.03. The van der Waals surface area contributed by atoms with Gasteiger partial charge in [0.25, 0.3) is 16.0 Å². The van der Waals surface area contributed by atoms with Crippen molar-refractivity contribution in [1.82, 2.24) is 9.32 Å². The van der Waals surface area contributed by atoms with E-state index in [9.17, 15) is 13.2 Å². The summed E-state index contributed by atoms with van der Waals surface area (Å²) in [4.78, 5) is 13.8. The first-order valence-corrected chi connectivity index (χ1v) is 7.59. The van der Waals surface area contributed by atoms with Crippen molar-refractivity contribution in [1.29, 1.82) is 0 Å². The summed E-state index contributed by atoms with van der Waals surface area (Å²) in [6, 6.07) is 0. The summed E-state index contributed by atoms with van der Waals surface area (Å²) < 4.78 is 31.2. The van der Waals surface area contributed by atoms with Crippen LogP contribution in [0.3, 0.4) is 0 Å². The van der Waals surface area contributed by atoms with Crippen LogP contribution in [0.25, 0.3) is 0 Å². The van der Waals surface area contributed by atoms with Gasteiger partial charge < -0.3 is 0 Å². The molecule has 8 heteroatoms. The van der Waals surface area contributed by atoms with E-state index in [1.165, 1.54) is 0 Å². The summed E-state index contributed by atoms with van der Waals surface area (Å²) in [5.41, 5.74) is -1.48. The fraction of sp³-hybridized carbons (Fsp3) is 0.900. The minimum absolute atomic E-state index is 0.221. The van der Waals surface area contributed by atoms with Gasteiger partial charge in [-0.2, -0.15) is 8.42 Å². The molecule has 1 saturated heterocycles. The van der Waals surface area contributed by atoms with Gasteiger partial charge in [-0.1, -0.05) is 0 Å². The Morgan fingerprint density at radius 1 is 1.28 bits per heavy atom. The first kappa shape index (κ1) is 15.7. The molecule has 1 aliphatic rings. The summed E-state index contributed by atoms with van der Waals surface area (Å²) in [6.07, 6.45) is 0.240. The summed E-state index contributed by atoms with van der Waals surface area (Å²) in [6.45, 7) is 7.43. The lowest BCUT2D eigenvalue weighted by molar-refractivity contribution is -0.129. The summed E-state index contributed by atoms with van der Waals surface area (Å²) >= 11 is 5.98. The molecule has 0 saturated carbocycles. The van der Waals surface area contributed by atoms with Crippen LogP contribution in [-0.4, -0.2) is 51.7 Å². The molecule has 0 atom stereocenters. The number of carbonyl (C=O) groups excluding carboxylic acids is 1. The van der Waals surface area contributed by atoms with Crippen molar-refractivity contribution in [3.63, 3.8) is 0 Å². The predicted molar refractivity (Wildman–Crippen MR) is 68.6 cm³/mol. The van der Waals surface area contributed by atoms with E-state index in [1.807, 2.05) is 4.90 Å². The average molecular weight is 299 g/mol. The molecule has 1 heterocycles. The van der Waals surface area contributed by atoms with E-state index in [1.54, 1.807) is 27.7 Å². The van der Waals surface area contributed by atoms with Gasteiger partial charge in [-0.15, -0.1) is 0 Å². The zero-order valence-corrected chi connectivity index (χ0v) is 12.5. The second-order valence-electron chi connectivity index (χ2n) is 5.43. The molecule has 0 aromatic rings. The molecule has 0 radical (unpaired) electrons. The molecular weight excluding hydrogens is 280 g/mol. The van der Waals surface area contributed by atoms with Gasteiger partial charge in [0, 0.05) is 18.3 Å². The van der Waals surface area contributed by atoms with Crippen molar-refractivity contribution >= 4 is 27.8 Å². The van der Waals surface area contributed by atoms with E-state index >= 15 is 0 Å². The highest BCUT2D eigenvalue weighted by Crippen LogP contribution is 2.39. The highest BCUT2D eigenvalue weighted by Gasteiger charge is 2.55. The number of hydrogen-bond acceptors (Lipinski definition) is 4. The smallest absolute Gasteiger partial charge is 0.264 e. The number of amides is 1. The van der Waals surface area contributed by atoms with Crippen LogP contribution >= 0.6 is 11.8 Å². The molecule has 1 N–H and O–H groups in total. The van der Waals surface area contributed by atoms with Crippen LogP contribution in [0.4, 0.5) is 0 Å². The van der Waals surface area contributed by atoms with Gasteiger partial charge >= 0.3 is 0 Å². The first-order valence-electron chi connectivity index (χ1n) is 5.64. The molecule has 0 bridgehead atoms. The van der Waals surface area contributed by atoms with Crippen LogP contribution in [0.1, 0.15) is 34.1 Å². The number of hydrogen-bond donors (Lipinski definition) is 1. The van der Waals surface area contributed by atoms with E-state index in [4.69, 9.17) is 16.3 Å². The van der Waals surface area contributed by atoms with Crippen molar-refractivity contribution in [2.75, 3.05) is 12.3 Å². The van der Waals surface area contributed by atoms with Crippen molar-refractivity contribution < 1.29 is 17.8 Å². The molecule has 0 aromatic carbocycles. The highest BCUT2D eigenvalue weighted by atomic mass is 35.5. The van der Waals surface area contributed by atoms with E-state index in [0.29, 0.717) is 6.54 Å². The summed E-state index contributed by atoms with van der Waals surface area (Å²) in [7, 11) is -3.98. The Morgan fingerprint density at radius 3 is 2.11 bits per heavy atom. The molecule has 0 unspecified atom stereocenters. The maximum atomic E-state index is 12.0. The molecular formula is C10H19ClN2O4S. The molecule has 1 aliphatic heterocycles. The number of carbonyl (C=O) groups is 1. The van der Waals surface area contributed by atoms with Crippen LogP contribution in [0.2, 0.25) is 0 Å². The van der Waals surface area contributed by atoms with E-state index in [0.717, 1.165) is 4.42 Å². The van der Waals surface area contributed by atoms with E-state index in [2.05, 4.69) is 0 Å². The number of rotatable bonds is 4. The Morgan fingerprint density at radius 2 is 1.78 bits per heavy atom. The second kappa shape index (κ2) is 4.63. The maximum Gasteiger partial charge on any atom is 0.264 e. The molecule has 1 amide bonds. The lowest BCUT2D eigenvalue weighted by atomic mass is 10.0. The topological polar surface area (TPSA) is 77.9 Å². The third-order valence-corrected chi connectivity index (χ3v) is 4.67. The zero-order valence-electron chi connectivity index (χ0n) is 11.0. The van der Waals surface area contributed by atoms with Crippen LogP contribution in [-0.2, 0) is 14.9 Å². The maximum absolute atomic E-state index is 12.0. The van der Waals surface area contributed by atoms with Gasteiger partial charge in [-0.25, -0.2) is 4.42 Å². The molecule has 0 aromatic heterocycles. The minimum atomic E-state index is -3.98. The quantitative estimate of drug-likeness (QED) is 0.620. The van der Waals surface area contributed by atoms with Gasteiger partial charge in [0.1, 0.15) is 5.66 Å². The molecule has 1 fully saturated rings. The molecule has 0 spiro atoms. The third-order valence-electron chi connectivity index (χ3n) is 3.30. The first-order chi connectivity index (χ1) is 7.90. The normalized spacial score (nSPS) is 23.7. The van der Waals surface area contributed by atoms with Crippen LogP contribution in [0, 0.1) is 0 Å². The van der Waals surface area contributed by atoms with Gasteiger partial charge in [0.2, 0.25) is 0 Å². The van der Waals surface area contributed by atoms with Crippen LogP contribution < -0.4 is 0 Å². The fourth-order valence-electron chi connectivity index (χ4n) is 2.35. The largest absolute Gasteiger partial charge is 0.286 e. The van der Waals surface area contributed by atoms with Crippen molar-refractivity contribution in [2.45, 2.75) is 45.3 Å². The monoisotopic (exact) mass is 298 g/mol. The SMILES string of the molecule is CC1(C)C(=O)N(Cl)C(C)(C)N1CCCS(=O)(=O)O. The Balaban J connectivity index is 2.83. The van der Waals surface area contributed by atoms with Gasteiger partial charge in [-0.3, -0.25) is 14.2 Å². The summed E-state index contributed by atoms with van der Waals surface area (Å²) in [5.74, 6) is -0.549. The molecule has 1 rings (SSSR count). The van der Waals surface area contributed by atoms with Crippen molar-refractivity contribution in [3.05, 3.63) is 0 Å². The lowest BCUT2D eigenvalue weighted by Gasteiger charge is -2.38. The second-order valence-corrected chi connectivity index (χ2v) is 7.34. The zero-order chi connectivity index (χ0) is 14.4. The van der Waals surface area contributed by atoms with Crippen LogP contribution in [0.5, 0.6) is 0 Å². The van der Waals surface area contributed by atoms with E-state index in [-0.39, 0.29) is 18.1 Å². The third kappa shape index (κ3) is 2.79. The number of halogens is 1. The Hall–Kier alpha value is -0.370. The standard InChI is InChI=1S/C10H19ClN2O4S/c1-9(2)8(14)13(11)10(3,4)12(9)6-5-7-18(15,16)17/h5-7H2,1-4H3,(H,15,16,17). The summed E-state index contributed by atoms with van der Waals surface area (Å²) in [5, 5.41) is 0. The lowest BCUT2D eigenvalue weighted by Crippen LogP contribution is -2.51. The van der Waals surface area contributed by atoms with Gasteiger partial charge in [0.05, 0.1) is 11.3 Å². The van der Waals surface area contributed by atoms with Crippen LogP contribution in [0.15, 0.2) is 0 Å². The highest BCUT2D eigenvalue weighted by molar-refractivity contribution is 7.85. The van der Waals surface area contributed by atoms with Crippen molar-refractivity contribution in [3.8, 4) is 0 Å². The van der Waals surface area contributed by atoms with Gasteiger partial charge in [0.15, 0.2) is 0 Å². The molecule has 18 heavy (non-hydrogen) atoms. The van der Waals surface area contributed by atoms with E-state index < -0.39 is 21.3 Å². The Labute approximate surface area is 113 Å². The fourth-order valence-corrected chi connectivity index (χ4v) is 3.14. The van der Waals surface area contributed by atoms with Gasteiger partial charge in [-0.05, 0) is 34.1 Å². The number of nitrogens with zero attached hydrogens (tertiary/aromatic N) is 2. The molecule has 0 aliphatic carbocycles. The van der Waals surface area contributed by atoms with Crippen molar-refractivity contribution in [2.24, 2.45) is 0 Å². The molecule has 106 valence electrons. The molecule has 6 nitrogen and oxygen atoms in total. The average Bonchev–Trinajstić information content (AvgIpc) is 2.28. The predicted octanol–water partition coefficient (Wildman–Crippen LogP) is 1.08. The minimum Gasteiger partial charge on any atom is -0.286 e. The Bertz CT molecular complexity index is 447.